The minimum Gasteiger partial charge on any atom is -0.392 e. The maximum atomic E-state index is 12.2. The number of aliphatic hydroxyl groups excluding tert-OH is 1. The molecule has 0 bridgehead atoms. The molecule has 2 atom stereocenters. The van der Waals surface area contributed by atoms with Crippen molar-refractivity contribution in [2.75, 3.05) is 18.4 Å². The monoisotopic (exact) mass is 262 g/mol. The molecule has 1 aliphatic heterocycles. The third kappa shape index (κ3) is 3.55. The molecule has 1 aliphatic rings. The van der Waals surface area contributed by atoms with Crippen molar-refractivity contribution in [1.29, 1.82) is 0 Å². The number of benzene rings is 1. The van der Waals surface area contributed by atoms with E-state index in [0.29, 0.717) is 6.54 Å². The number of β-amino-alcohol motifs (C(OH)–C–C–N with tert-alkyl or cyclic N) is 1. The highest BCUT2D eigenvalue weighted by atomic mass is 16.3. The van der Waals surface area contributed by atoms with Crippen LogP contribution in [-0.2, 0) is 4.79 Å². The van der Waals surface area contributed by atoms with E-state index in [0.717, 1.165) is 29.8 Å². The lowest BCUT2D eigenvalue weighted by atomic mass is 10.1. The summed E-state index contributed by atoms with van der Waals surface area (Å²) in [6.07, 6.45) is 0.456. The molecule has 0 spiro atoms. The number of amides is 1. The summed E-state index contributed by atoms with van der Waals surface area (Å²) in [4.78, 5) is 14.2. The van der Waals surface area contributed by atoms with Gasteiger partial charge >= 0.3 is 0 Å². The number of hydrogen-bond acceptors (Lipinski definition) is 3. The first-order valence-corrected chi connectivity index (χ1v) is 6.77. The molecule has 1 heterocycles. The first kappa shape index (κ1) is 14.0. The maximum Gasteiger partial charge on any atom is 0.241 e. The minimum absolute atomic E-state index is 0.0147. The second-order valence-corrected chi connectivity index (χ2v) is 5.48. The molecule has 2 rings (SSSR count). The molecule has 2 N–H and O–H groups in total. The Morgan fingerprint density at radius 3 is 2.53 bits per heavy atom. The number of aliphatic hydroxyl groups is 1. The summed E-state index contributed by atoms with van der Waals surface area (Å²) in [7, 11) is 0. The number of nitrogens with zero attached hydrogens (tertiary/aromatic N) is 1. The van der Waals surface area contributed by atoms with Gasteiger partial charge in [0.2, 0.25) is 5.91 Å². The van der Waals surface area contributed by atoms with Crippen LogP contribution in [0.1, 0.15) is 24.5 Å². The van der Waals surface area contributed by atoms with Crippen LogP contribution in [0.15, 0.2) is 18.2 Å². The fraction of sp³-hybridized carbons (Fsp3) is 0.533. The van der Waals surface area contributed by atoms with Gasteiger partial charge in [-0.25, -0.2) is 0 Å². The first-order chi connectivity index (χ1) is 8.95. The molecule has 0 aliphatic carbocycles. The Morgan fingerprint density at radius 1 is 1.37 bits per heavy atom. The van der Waals surface area contributed by atoms with Crippen LogP contribution in [0.3, 0.4) is 0 Å². The third-order valence-electron chi connectivity index (χ3n) is 3.61. The van der Waals surface area contributed by atoms with E-state index in [-0.39, 0.29) is 18.1 Å². The molecule has 0 aromatic heterocycles. The van der Waals surface area contributed by atoms with E-state index in [1.807, 2.05) is 37.8 Å². The Kier molecular flexibility index (Phi) is 4.22. The molecule has 1 amide bonds. The molecule has 1 aromatic carbocycles. The topological polar surface area (TPSA) is 52.6 Å². The maximum absolute atomic E-state index is 12.2. The molecule has 19 heavy (non-hydrogen) atoms. The van der Waals surface area contributed by atoms with Gasteiger partial charge in [0.15, 0.2) is 0 Å². The molecule has 4 nitrogen and oxygen atoms in total. The van der Waals surface area contributed by atoms with Crippen molar-refractivity contribution in [2.45, 2.75) is 39.3 Å². The second-order valence-electron chi connectivity index (χ2n) is 5.48. The van der Waals surface area contributed by atoms with Crippen molar-refractivity contribution < 1.29 is 9.90 Å². The molecule has 0 radical (unpaired) electrons. The summed E-state index contributed by atoms with van der Waals surface area (Å²) in [5.41, 5.74) is 3.12. The van der Waals surface area contributed by atoms with Gasteiger partial charge in [0.25, 0.3) is 0 Å². The second kappa shape index (κ2) is 5.72. The van der Waals surface area contributed by atoms with Crippen molar-refractivity contribution in [2.24, 2.45) is 0 Å². The summed E-state index contributed by atoms with van der Waals surface area (Å²) in [6.45, 7) is 7.28. The number of carbonyl (C=O) groups excluding carboxylic acids is 1. The molecular formula is C15H22N2O2. The highest BCUT2D eigenvalue weighted by Crippen LogP contribution is 2.17. The zero-order chi connectivity index (χ0) is 14.0. The van der Waals surface area contributed by atoms with E-state index in [2.05, 4.69) is 11.4 Å². The average Bonchev–Trinajstić information content (AvgIpc) is 2.73. The van der Waals surface area contributed by atoms with Gasteiger partial charge in [0.1, 0.15) is 0 Å². The largest absolute Gasteiger partial charge is 0.392 e. The lowest BCUT2D eigenvalue weighted by Crippen LogP contribution is -2.41. The van der Waals surface area contributed by atoms with E-state index in [9.17, 15) is 9.90 Å². The van der Waals surface area contributed by atoms with Crippen LogP contribution in [-0.4, -0.2) is 41.1 Å². The molecule has 0 saturated carbocycles. The summed E-state index contributed by atoms with van der Waals surface area (Å²) >= 11 is 0. The van der Waals surface area contributed by atoms with Crippen LogP contribution in [0, 0.1) is 13.8 Å². The first-order valence-electron chi connectivity index (χ1n) is 6.77. The number of carbonyl (C=O) groups is 1. The smallest absolute Gasteiger partial charge is 0.241 e. The quantitative estimate of drug-likeness (QED) is 0.871. The molecule has 4 heteroatoms. The predicted octanol–water partition coefficient (Wildman–Crippen LogP) is 1.70. The Bertz CT molecular complexity index is 453. The fourth-order valence-electron chi connectivity index (χ4n) is 2.58. The van der Waals surface area contributed by atoms with Crippen molar-refractivity contribution >= 4 is 11.6 Å². The van der Waals surface area contributed by atoms with Gasteiger partial charge in [-0.2, -0.15) is 0 Å². The molecular weight excluding hydrogens is 240 g/mol. The van der Waals surface area contributed by atoms with E-state index in [1.54, 1.807) is 0 Å². The van der Waals surface area contributed by atoms with Gasteiger partial charge in [-0.15, -0.1) is 0 Å². The lowest BCUT2D eigenvalue weighted by Gasteiger charge is -2.23. The van der Waals surface area contributed by atoms with Crippen LogP contribution in [0.5, 0.6) is 0 Å². The summed E-state index contributed by atoms with van der Waals surface area (Å²) < 4.78 is 0. The number of rotatable bonds is 3. The molecule has 1 aromatic rings. The SMILES string of the molecule is Cc1cc(C)cc(NC(=O)C(C)N2CC[C@H](O)C2)c1. The Hall–Kier alpha value is -1.39. The van der Waals surface area contributed by atoms with Gasteiger partial charge in [0, 0.05) is 18.8 Å². The van der Waals surface area contributed by atoms with Gasteiger partial charge in [-0.1, -0.05) is 6.07 Å². The lowest BCUT2D eigenvalue weighted by molar-refractivity contribution is -0.120. The Morgan fingerprint density at radius 2 is 2.00 bits per heavy atom. The fourth-order valence-corrected chi connectivity index (χ4v) is 2.58. The zero-order valence-electron chi connectivity index (χ0n) is 11.8. The number of likely N-dealkylation sites (tertiary alicyclic amines) is 1. The highest BCUT2D eigenvalue weighted by Gasteiger charge is 2.28. The van der Waals surface area contributed by atoms with Gasteiger partial charge in [-0.05, 0) is 50.5 Å². The summed E-state index contributed by atoms with van der Waals surface area (Å²) in [6, 6.07) is 5.81. The van der Waals surface area contributed by atoms with E-state index < -0.39 is 0 Å². The van der Waals surface area contributed by atoms with Crippen LogP contribution in [0.4, 0.5) is 5.69 Å². The van der Waals surface area contributed by atoms with Crippen LogP contribution >= 0.6 is 0 Å². The van der Waals surface area contributed by atoms with Crippen molar-refractivity contribution in [3.05, 3.63) is 29.3 Å². The van der Waals surface area contributed by atoms with Crippen LogP contribution in [0.25, 0.3) is 0 Å². The summed E-state index contributed by atoms with van der Waals surface area (Å²) in [5, 5.41) is 12.5. The standard InChI is InChI=1S/C15H22N2O2/c1-10-6-11(2)8-13(7-10)16-15(19)12(3)17-5-4-14(18)9-17/h6-8,12,14,18H,4-5,9H2,1-3H3,(H,16,19)/t12?,14-/m0/s1. The molecule has 1 fully saturated rings. The van der Waals surface area contributed by atoms with Gasteiger partial charge in [-0.3, -0.25) is 9.69 Å². The molecule has 104 valence electrons. The highest BCUT2D eigenvalue weighted by molar-refractivity contribution is 5.94. The summed E-state index contributed by atoms with van der Waals surface area (Å²) in [5.74, 6) is -0.0147. The normalized spacial score (nSPS) is 21.4. The van der Waals surface area contributed by atoms with Crippen molar-refractivity contribution in [3.63, 3.8) is 0 Å². The van der Waals surface area contributed by atoms with Crippen LogP contribution < -0.4 is 5.32 Å². The van der Waals surface area contributed by atoms with Crippen LogP contribution in [0.2, 0.25) is 0 Å². The average molecular weight is 262 g/mol. The minimum atomic E-state index is -0.295. The van der Waals surface area contributed by atoms with E-state index >= 15 is 0 Å². The van der Waals surface area contributed by atoms with Crippen molar-refractivity contribution in [1.82, 2.24) is 4.90 Å². The predicted molar refractivity (Wildman–Crippen MR) is 76.2 cm³/mol. The Labute approximate surface area is 114 Å². The zero-order valence-corrected chi connectivity index (χ0v) is 11.8. The molecule has 1 unspecified atom stereocenters. The third-order valence-corrected chi connectivity index (χ3v) is 3.61. The van der Waals surface area contributed by atoms with E-state index in [4.69, 9.17) is 0 Å². The molecule has 1 saturated heterocycles. The van der Waals surface area contributed by atoms with Crippen molar-refractivity contribution in [3.8, 4) is 0 Å². The number of nitrogens with one attached hydrogen (secondary N) is 1. The Balaban J connectivity index is 2.00. The van der Waals surface area contributed by atoms with Gasteiger partial charge < -0.3 is 10.4 Å². The number of aryl methyl sites for hydroxylation is 2. The number of anilines is 1. The number of hydrogen-bond donors (Lipinski definition) is 2. The van der Waals surface area contributed by atoms with E-state index in [1.165, 1.54) is 0 Å². The van der Waals surface area contributed by atoms with Gasteiger partial charge in [0.05, 0.1) is 12.1 Å².